The van der Waals surface area contributed by atoms with Gasteiger partial charge in [0.05, 0.1) is 6.04 Å². The van der Waals surface area contributed by atoms with Crippen LogP contribution in [0, 0.1) is 0 Å². The monoisotopic (exact) mass is 251 g/mol. The van der Waals surface area contributed by atoms with Crippen molar-refractivity contribution in [2.24, 2.45) is 0 Å². The molecular formula is C11H17N5O2. The maximum atomic E-state index is 11.1. The third kappa shape index (κ3) is 3.07. The predicted molar refractivity (Wildman–Crippen MR) is 67.3 cm³/mol. The Balaban J connectivity index is 2.10. The summed E-state index contributed by atoms with van der Waals surface area (Å²) >= 11 is 0. The predicted octanol–water partition coefficient (Wildman–Crippen LogP) is -0.0349. The average molecular weight is 251 g/mol. The molecule has 18 heavy (non-hydrogen) atoms. The number of nitrogens with zero attached hydrogens (tertiary/aromatic N) is 2. The molecule has 1 amide bonds. The molecule has 98 valence electrons. The first-order valence-corrected chi connectivity index (χ1v) is 5.79. The van der Waals surface area contributed by atoms with E-state index in [0.29, 0.717) is 31.2 Å². The van der Waals surface area contributed by atoms with Crippen molar-refractivity contribution in [2.75, 3.05) is 31.3 Å². The summed E-state index contributed by atoms with van der Waals surface area (Å²) in [6.45, 7) is 0.976. The van der Waals surface area contributed by atoms with Crippen molar-refractivity contribution in [1.82, 2.24) is 15.3 Å². The zero-order valence-corrected chi connectivity index (χ0v) is 10.5. The first-order valence-electron chi connectivity index (χ1n) is 5.79. The summed E-state index contributed by atoms with van der Waals surface area (Å²) in [5.41, 5.74) is 0. The second-order valence-electron chi connectivity index (χ2n) is 4.09. The number of hydrogen-bond donors (Lipinski definition) is 3. The molecule has 0 spiro atoms. The minimum atomic E-state index is 0.0625. The highest BCUT2D eigenvalue weighted by molar-refractivity contribution is 5.79. The van der Waals surface area contributed by atoms with Crippen molar-refractivity contribution in [1.29, 1.82) is 0 Å². The highest BCUT2D eigenvalue weighted by Crippen LogP contribution is 2.14. The molecule has 2 heterocycles. The molecule has 0 radical (unpaired) electrons. The van der Waals surface area contributed by atoms with Gasteiger partial charge in [-0.25, -0.2) is 9.97 Å². The summed E-state index contributed by atoms with van der Waals surface area (Å²) in [6.07, 6.45) is 0.471. The van der Waals surface area contributed by atoms with E-state index in [4.69, 9.17) is 4.74 Å². The molecule has 1 aromatic heterocycles. The molecule has 1 saturated heterocycles. The molecular weight excluding hydrogens is 234 g/mol. The Hall–Kier alpha value is -1.89. The van der Waals surface area contributed by atoms with E-state index in [1.165, 1.54) is 0 Å². The molecule has 0 bridgehead atoms. The molecule has 0 aliphatic carbocycles. The summed E-state index contributed by atoms with van der Waals surface area (Å²) in [5, 5.41) is 8.96. The molecule has 1 fully saturated rings. The molecule has 0 saturated carbocycles. The van der Waals surface area contributed by atoms with Gasteiger partial charge in [0.25, 0.3) is 0 Å². The summed E-state index contributed by atoms with van der Waals surface area (Å²) in [7, 11) is 3.39. The minimum Gasteiger partial charge on any atom is -0.377 e. The number of carbonyl (C=O) groups is 1. The maximum absolute atomic E-state index is 11.1. The Kier molecular flexibility index (Phi) is 3.93. The Morgan fingerprint density at radius 3 is 2.89 bits per heavy atom. The third-order valence-electron chi connectivity index (χ3n) is 2.63. The van der Waals surface area contributed by atoms with Gasteiger partial charge in [-0.2, -0.15) is 0 Å². The standard InChI is InChI=1S/C11H17N5O2/c1-12-8-4-9(16-10(15-8)6-18-2)14-7-3-11(17)13-5-7/h4,7H,3,5-6H2,1-2H3,(H,13,17)(H2,12,14,15,16). The van der Waals surface area contributed by atoms with Crippen LogP contribution in [0.15, 0.2) is 6.07 Å². The number of methoxy groups -OCH3 is 1. The number of hydrogen-bond acceptors (Lipinski definition) is 6. The van der Waals surface area contributed by atoms with Gasteiger partial charge in [0, 0.05) is 33.2 Å². The number of amides is 1. The summed E-state index contributed by atoms with van der Waals surface area (Å²) in [5.74, 6) is 2.08. The maximum Gasteiger partial charge on any atom is 0.222 e. The number of ether oxygens (including phenoxy) is 1. The molecule has 0 aromatic carbocycles. The highest BCUT2D eigenvalue weighted by atomic mass is 16.5. The average Bonchev–Trinajstić information content (AvgIpc) is 2.75. The van der Waals surface area contributed by atoms with Crippen LogP contribution in [-0.4, -0.2) is 42.6 Å². The lowest BCUT2D eigenvalue weighted by molar-refractivity contribution is -0.119. The SMILES string of the molecule is CNc1cc(NC2CNC(=O)C2)nc(COC)n1. The van der Waals surface area contributed by atoms with Gasteiger partial charge >= 0.3 is 0 Å². The zero-order chi connectivity index (χ0) is 13.0. The van der Waals surface area contributed by atoms with E-state index in [1.54, 1.807) is 14.2 Å². The zero-order valence-electron chi connectivity index (χ0n) is 10.5. The van der Waals surface area contributed by atoms with Gasteiger partial charge in [-0.1, -0.05) is 0 Å². The van der Waals surface area contributed by atoms with Gasteiger partial charge < -0.3 is 20.7 Å². The first-order chi connectivity index (χ1) is 8.71. The fourth-order valence-electron chi connectivity index (χ4n) is 1.81. The fourth-order valence-corrected chi connectivity index (χ4v) is 1.81. The van der Waals surface area contributed by atoms with Crippen molar-refractivity contribution < 1.29 is 9.53 Å². The van der Waals surface area contributed by atoms with Crippen molar-refractivity contribution in [3.8, 4) is 0 Å². The quantitative estimate of drug-likeness (QED) is 0.681. The lowest BCUT2D eigenvalue weighted by Crippen LogP contribution is -2.23. The van der Waals surface area contributed by atoms with Gasteiger partial charge in [0.1, 0.15) is 18.2 Å². The molecule has 7 nitrogen and oxygen atoms in total. The molecule has 1 aromatic rings. The van der Waals surface area contributed by atoms with Crippen LogP contribution >= 0.6 is 0 Å². The molecule has 1 unspecified atom stereocenters. The third-order valence-corrected chi connectivity index (χ3v) is 2.63. The molecule has 1 aliphatic heterocycles. The Morgan fingerprint density at radius 1 is 1.50 bits per heavy atom. The van der Waals surface area contributed by atoms with Crippen LogP contribution in [0.25, 0.3) is 0 Å². The van der Waals surface area contributed by atoms with Crippen LogP contribution < -0.4 is 16.0 Å². The van der Waals surface area contributed by atoms with Crippen LogP contribution in [0.5, 0.6) is 0 Å². The van der Waals surface area contributed by atoms with Crippen molar-refractivity contribution in [2.45, 2.75) is 19.1 Å². The second-order valence-corrected chi connectivity index (χ2v) is 4.09. The minimum absolute atomic E-state index is 0.0625. The Labute approximate surface area is 105 Å². The number of rotatable bonds is 5. The van der Waals surface area contributed by atoms with E-state index >= 15 is 0 Å². The summed E-state index contributed by atoms with van der Waals surface area (Å²) < 4.78 is 5.02. The lowest BCUT2D eigenvalue weighted by Gasteiger charge is -2.13. The van der Waals surface area contributed by atoms with Crippen molar-refractivity contribution in [3.63, 3.8) is 0 Å². The number of nitrogens with one attached hydrogen (secondary N) is 3. The van der Waals surface area contributed by atoms with E-state index in [1.807, 2.05) is 6.07 Å². The number of aromatic nitrogens is 2. The summed E-state index contributed by atoms with van der Waals surface area (Å²) in [4.78, 5) is 19.7. The molecule has 1 aliphatic rings. The van der Waals surface area contributed by atoms with Crippen LogP contribution in [0.4, 0.5) is 11.6 Å². The van der Waals surface area contributed by atoms with Gasteiger partial charge in [0.15, 0.2) is 5.82 Å². The summed E-state index contributed by atoms with van der Waals surface area (Å²) in [6, 6.07) is 1.88. The Morgan fingerprint density at radius 2 is 2.28 bits per heavy atom. The van der Waals surface area contributed by atoms with Crippen molar-refractivity contribution in [3.05, 3.63) is 11.9 Å². The van der Waals surface area contributed by atoms with Crippen LogP contribution in [-0.2, 0) is 16.1 Å². The molecule has 1 atom stereocenters. The highest BCUT2D eigenvalue weighted by Gasteiger charge is 2.21. The molecule has 2 rings (SSSR count). The normalized spacial score (nSPS) is 18.6. The second kappa shape index (κ2) is 5.63. The van der Waals surface area contributed by atoms with Gasteiger partial charge in [-0.15, -0.1) is 0 Å². The Bertz CT molecular complexity index is 437. The van der Waals surface area contributed by atoms with E-state index in [2.05, 4.69) is 25.9 Å². The number of anilines is 2. The van der Waals surface area contributed by atoms with Gasteiger partial charge in [0.2, 0.25) is 5.91 Å². The largest absolute Gasteiger partial charge is 0.377 e. The molecule has 7 heteroatoms. The fraction of sp³-hybridized carbons (Fsp3) is 0.545. The topological polar surface area (TPSA) is 88.2 Å². The van der Waals surface area contributed by atoms with E-state index in [0.717, 1.165) is 5.82 Å². The van der Waals surface area contributed by atoms with Gasteiger partial charge in [-0.05, 0) is 0 Å². The van der Waals surface area contributed by atoms with E-state index in [9.17, 15) is 4.79 Å². The first kappa shape index (κ1) is 12.6. The van der Waals surface area contributed by atoms with E-state index in [-0.39, 0.29) is 11.9 Å². The molecule has 3 N–H and O–H groups in total. The van der Waals surface area contributed by atoms with Gasteiger partial charge in [-0.3, -0.25) is 4.79 Å². The van der Waals surface area contributed by atoms with Crippen LogP contribution in [0.3, 0.4) is 0 Å². The van der Waals surface area contributed by atoms with Crippen LogP contribution in [0.1, 0.15) is 12.2 Å². The van der Waals surface area contributed by atoms with Crippen LogP contribution in [0.2, 0.25) is 0 Å². The lowest BCUT2D eigenvalue weighted by atomic mass is 10.2. The number of carbonyl (C=O) groups excluding carboxylic acids is 1. The van der Waals surface area contributed by atoms with E-state index < -0.39 is 0 Å². The smallest absolute Gasteiger partial charge is 0.222 e. The van der Waals surface area contributed by atoms with Crippen molar-refractivity contribution >= 4 is 17.5 Å².